The summed E-state index contributed by atoms with van der Waals surface area (Å²) in [4.78, 5) is 30.9. The molecule has 2 aromatic heterocycles. The third-order valence-corrected chi connectivity index (χ3v) is 3.44. The Hall–Kier alpha value is -3.48. The molecule has 0 atom stereocenters. The molecule has 1 aromatic carbocycles. The van der Waals surface area contributed by atoms with E-state index >= 15 is 0 Å². The first-order chi connectivity index (χ1) is 11.6. The van der Waals surface area contributed by atoms with Crippen molar-refractivity contribution in [3.05, 3.63) is 59.9 Å². The van der Waals surface area contributed by atoms with Crippen LogP contribution in [0.15, 0.2) is 48.8 Å². The summed E-state index contributed by atoms with van der Waals surface area (Å²) < 4.78 is 4.73. The van der Waals surface area contributed by atoms with Crippen LogP contribution in [0.25, 0.3) is 10.9 Å². The van der Waals surface area contributed by atoms with Crippen molar-refractivity contribution in [2.24, 2.45) is 0 Å². The van der Waals surface area contributed by atoms with Crippen LogP contribution >= 0.6 is 0 Å². The Morgan fingerprint density at radius 1 is 1.08 bits per heavy atom. The van der Waals surface area contributed by atoms with Gasteiger partial charge in [0, 0.05) is 17.8 Å². The fourth-order valence-corrected chi connectivity index (χ4v) is 2.23. The molecule has 2 heterocycles. The summed E-state index contributed by atoms with van der Waals surface area (Å²) in [6.07, 6.45) is 2.90. The zero-order chi connectivity index (χ0) is 17.1. The number of hydrogen-bond donors (Lipinski definition) is 2. The highest BCUT2D eigenvalue weighted by Crippen LogP contribution is 2.25. The van der Waals surface area contributed by atoms with Crippen molar-refractivity contribution in [3.8, 4) is 0 Å². The number of carbonyl (C=O) groups is 2. The predicted molar refractivity (Wildman–Crippen MR) is 87.6 cm³/mol. The number of fused-ring (bicyclic) bond motifs is 1. The SMILES string of the molecule is COC(=O)c1ccc2nccc(Nc3ccc(C(=O)O)cn3)c2c1. The normalized spacial score (nSPS) is 10.4. The number of ether oxygens (including phenoxy) is 1. The van der Waals surface area contributed by atoms with Gasteiger partial charge in [-0.15, -0.1) is 0 Å². The second kappa shape index (κ2) is 6.33. The molecule has 0 saturated heterocycles. The number of aromatic carboxylic acids is 1. The molecule has 2 N–H and O–H groups in total. The van der Waals surface area contributed by atoms with Gasteiger partial charge in [0.05, 0.1) is 29.4 Å². The molecule has 3 aromatic rings. The molecule has 0 aliphatic heterocycles. The molecular formula is C17H13N3O4. The number of carboxylic acids is 1. The van der Waals surface area contributed by atoms with Crippen LogP contribution in [0.5, 0.6) is 0 Å². The molecule has 0 aliphatic rings. The lowest BCUT2D eigenvalue weighted by atomic mass is 10.1. The van der Waals surface area contributed by atoms with Crippen LogP contribution < -0.4 is 5.32 Å². The minimum absolute atomic E-state index is 0.105. The Morgan fingerprint density at radius 2 is 1.88 bits per heavy atom. The Balaban J connectivity index is 1.99. The van der Waals surface area contributed by atoms with E-state index in [0.717, 1.165) is 5.39 Å². The van der Waals surface area contributed by atoms with Crippen LogP contribution in [-0.4, -0.2) is 34.1 Å². The van der Waals surface area contributed by atoms with E-state index in [2.05, 4.69) is 15.3 Å². The molecule has 7 nitrogen and oxygen atoms in total. The van der Waals surface area contributed by atoms with Crippen molar-refractivity contribution in [1.29, 1.82) is 0 Å². The second-order valence-electron chi connectivity index (χ2n) is 4.94. The number of carboxylic acid groups (broad SMARTS) is 1. The quantitative estimate of drug-likeness (QED) is 0.712. The average Bonchev–Trinajstić information content (AvgIpc) is 2.61. The molecular weight excluding hydrogens is 310 g/mol. The maximum atomic E-state index is 11.7. The number of benzene rings is 1. The summed E-state index contributed by atoms with van der Waals surface area (Å²) in [6.45, 7) is 0. The number of nitrogens with zero attached hydrogens (tertiary/aromatic N) is 2. The van der Waals surface area contributed by atoms with Gasteiger partial charge in [-0.3, -0.25) is 4.98 Å². The second-order valence-corrected chi connectivity index (χ2v) is 4.94. The molecule has 120 valence electrons. The van der Waals surface area contributed by atoms with Crippen molar-refractivity contribution in [2.75, 3.05) is 12.4 Å². The molecule has 7 heteroatoms. The summed E-state index contributed by atoms with van der Waals surface area (Å²) in [5.41, 5.74) is 1.92. The third kappa shape index (κ3) is 3.00. The molecule has 0 spiro atoms. The molecule has 3 rings (SSSR count). The van der Waals surface area contributed by atoms with E-state index in [1.54, 1.807) is 36.5 Å². The summed E-state index contributed by atoms with van der Waals surface area (Å²) in [7, 11) is 1.32. The summed E-state index contributed by atoms with van der Waals surface area (Å²) in [6, 6.07) is 9.83. The highest BCUT2D eigenvalue weighted by Gasteiger charge is 2.10. The van der Waals surface area contributed by atoms with Gasteiger partial charge in [-0.25, -0.2) is 14.6 Å². The van der Waals surface area contributed by atoms with E-state index < -0.39 is 11.9 Å². The molecule has 0 bridgehead atoms. The van der Waals surface area contributed by atoms with Gasteiger partial charge in [0.25, 0.3) is 0 Å². The van der Waals surface area contributed by atoms with Crippen LogP contribution in [-0.2, 0) is 4.74 Å². The fraction of sp³-hybridized carbons (Fsp3) is 0.0588. The van der Waals surface area contributed by atoms with Gasteiger partial charge in [-0.2, -0.15) is 0 Å². The van der Waals surface area contributed by atoms with E-state index in [9.17, 15) is 9.59 Å². The topological polar surface area (TPSA) is 101 Å². The number of pyridine rings is 2. The maximum Gasteiger partial charge on any atom is 0.337 e. The average molecular weight is 323 g/mol. The van der Waals surface area contributed by atoms with E-state index in [1.165, 1.54) is 19.4 Å². The van der Waals surface area contributed by atoms with E-state index in [1.807, 2.05) is 0 Å². The van der Waals surface area contributed by atoms with Gasteiger partial charge in [-0.1, -0.05) is 0 Å². The lowest BCUT2D eigenvalue weighted by Crippen LogP contribution is -2.02. The zero-order valence-corrected chi connectivity index (χ0v) is 12.7. The van der Waals surface area contributed by atoms with Crippen molar-refractivity contribution < 1.29 is 19.4 Å². The fourth-order valence-electron chi connectivity index (χ4n) is 2.23. The molecule has 24 heavy (non-hydrogen) atoms. The van der Waals surface area contributed by atoms with Gasteiger partial charge in [-0.05, 0) is 36.4 Å². The van der Waals surface area contributed by atoms with Crippen molar-refractivity contribution in [1.82, 2.24) is 9.97 Å². The van der Waals surface area contributed by atoms with Gasteiger partial charge in [0.1, 0.15) is 5.82 Å². The van der Waals surface area contributed by atoms with Crippen molar-refractivity contribution in [2.45, 2.75) is 0 Å². The van der Waals surface area contributed by atoms with Crippen LogP contribution in [0.3, 0.4) is 0 Å². The van der Waals surface area contributed by atoms with Gasteiger partial charge in [0.15, 0.2) is 0 Å². The van der Waals surface area contributed by atoms with Crippen molar-refractivity contribution >= 4 is 34.3 Å². The Morgan fingerprint density at radius 3 is 2.54 bits per heavy atom. The number of rotatable bonds is 4. The Labute approximate surface area is 136 Å². The zero-order valence-electron chi connectivity index (χ0n) is 12.7. The van der Waals surface area contributed by atoms with Crippen LogP contribution in [0, 0.1) is 0 Å². The standard InChI is InChI=1S/C17H13N3O4/c1-24-17(23)10-2-4-13-12(8-10)14(6-7-18-13)20-15-5-3-11(9-19-15)16(21)22/h2-9H,1H3,(H,21,22)(H,18,19,20). The number of aromatic nitrogens is 2. The van der Waals surface area contributed by atoms with E-state index in [0.29, 0.717) is 22.6 Å². The lowest BCUT2D eigenvalue weighted by Gasteiger charge is -2.10. The molecule has 0 aliphatic carbocycles. The predicted octanol–water partition coefficient (Wildman–Crippen LogP) is 2.86. The summed E-state index contributed by atoms with van der Waals surface area (Å²) in [5.74, 6) is -0.988. The van der Waals surface area contributed by atoms with Crippen molar-refractivity contribution in [3.63, 3.8) is 0 Å². The number of esters is 1. The molecule has 0 radical (unpaired) electrons. The summed E-state index contributed by atoms with van der Waals surface area (Å²) in [5, 5.41) is 12.7. The first-order valence-corrected chi connectivity index (χ1v) is 7.02. The lowest BCUT2D eigenvalue weighted by molar-refractivity contribution is 0.0600. The van der Waals surface area contributed by atoms with Crippen LogP contribution in [0.1, 0.15) is 20.7 Å². The first-order valence-electron chi connectivity index (χ1n) is 7.02. The molecule has 0 amide bonds. The third-order valence-electron chi connectivity index (χ3n) is 3.44. The van der Waals surface area contributed by atoms with E-state index in [-0.39, 0.29) is 5.56 Å². The number of hydrogen-bond acceptors (Lipinski definition) is 6. The molecule has 0 saturated carbocycles. The minimum Gasteiger partial charge on any atom is -0.478 e. The first kappa shape index (κ1) is 15.4. The monoisotopic (exact) mass is 323 g/mol. The highest BCUT2D eigenvalue weighted by molar-refractivity contribution is 5.99. The summed E-state index contributed by atoms with van der Waals surface area (Å²) >= 11 is 0. The number of nitrogens with one attached hydrogen (secondary N) is 1. The Bertz CT molecular complexity index is 923. The number of carbonyl (C=O) groups excluding carboxylic acids is 1. The minimum atomic E-state index is -1.04. The smallest absolute Gasteiger partial charge is 0.337 e. The molecule has 0 unspecified atom stereocenters. The van der Waals surface area contributed by atoms with Gasteiger partial charge >= 0.3 is 11.9 Å². The number of methoxy groups -OCH3 is 1. The maximum absolute atomic E-state index is 11.7. The van der Waals surface area contributed by atoms with Crippen LogP contribution in [0.4, 0.5) is 11.5 Å². The van der Waals surface area contributed by atoms with E-state index in [4.69, 9.17) is 9.84 Å². The number of anilines is 2. The largest absolute Gasteiger partial charge is 0.478 e. The van der Waals surface area contributed by atoms with Crippen LogP contribution in [0.2, 0.25) is 0 Å². The Kier molecular flexibility index (Phi) is 4.07. The highest BCUT2D eigenvalue weighted by atomic mass is 16.5. The molecule has 0 fully saturated rings. The van der Waals surface area contributed by atoms with Gasteiger partial charge < -0.3 is 15.2 Å². The van der Waals surface area contributed by atoms with Gasteiger partial charge in [0.2, 0.25) is 0 Å².